The predicted octanol–water partition coefficient (Wildman–Crippen LogP) is 12.0. The summed E-state index contributed by atoms with van der Waals surface area (Å²) in [5, 5.41) is 2.68. The Morgan fingerprint density at radius 1 is 0.372 bits per heavy atom. The molecule has 6 aromatic carbocycles. The van der Waals surface area contributed by atoms with Crippen molar-refractivity contribution < 1.29 is 0 Å². The van der Waals surface area contributed by atoms with Crippen molar-refractivity contribution in [3.63, 3.8) is 0 Å². The molecule has 0 radical (unpaired) electrons. The van der Waals surface area contributed by atoms with Gasteiger partial charge in [0.2, 0.25) is 0 Å². The minimum absolute atomic E-state index is 0.0224. The lowest BCUT2D eigenvalue weighted by molar-refractivity contribution is 0.660. The largest absolute Gasteiger partial charge is 0.134 e. The first-order chi connectivity index (χ1) is 20.8. The van der Waals surface area contributed by atoms with Crippen molar-refractivity contribution in [2.75, 3.05) is 0 Å². The van der Waals surface area contributed by atoms with Crippen molar-refractivity contribution in [1.82, 2.24) is 0 Å². The second-order valence-corrected chi connectivity index (χ2v) is 14.3. The number of hydrogen-bond donors (Lipinski definition) is 0. The van der Waals surface area contributed by atoms with Gasteiger partial charge in [-0.15, -0.1) is 11.3 Å². The Hall–Kier alpha value is -4.46. The van der Waals surface area contributed by atoms with Crippen molar-refractivity contribution in [2.45, 2.75) is 38.5 Å². The highest BCUT2D eigenvalue weighted by atomic mass is 32.1. The zero-order valence-corrected chi connectivity index (χ0v) is 25.8. The van der Waals surface area contributed by atoms with E-state index in [0.717, 1.165) is 0 Å². The van der Waals surface area contributed by atoms with Crippen LogP contribution < -0.4 is 0 Å². The standard InChI is InChI=1S/C42H32S/c1-41(2)35-17-7-5-11-29(35)33-23-25(19-21-37(33)41)27-13-9-15-31-32-16-10-14-28(40(32)43-39(27)31)26-20-22-38-34(24-26)30-12-6-8-18-36(30)42(38,3)4/h5-24H,1-4H3. The first kappa shape index (κ1) is 25.1. The van der Waals surface area contributed by atoms with Gasteiger partial charge < -0.3 is 0 Å². The number of rotatable bonds is 2. The van der Waals surface area contributed by atoms with Gasteiger partial charge in [-0.1, -0.05) is 137 Å². The number of thiophene rings is 1. The summed E-state index contributed by atoms with van der Waals surface area (Å²) in [6.07, 6.45) is 0. The monoisotopic (exact) mass is 568 g/mol. The summed E-state index contributed by atoms with van der Waals surface area (Å²) in [6, 6.07) is 45.8. The summed E-state index contributed by atoms with van der Waals surface area (Å²) in [7, 11) is 0. The molecule has 0 amide bonds. The zero-order valence-electron chi connectivity index (χ0n) is 25.0. The molecule has 0 fully saturated rings. The Morgan fingerprint density at radius 3 is 1.23 bits per heavy atom. The zero-order chi connectivity index (χ0) is 29.1. The maximum absolute atomic E-state index is 2.43. The summed E-state index contributed by atoms with van der Waals surface area (Å²) < 4.78 is 2.73. The lowest BCUT2D eigenvalue weighted by atomic mass is 9.82. The summed E-state index contributed by atoms with van der Waals surface area (Å²) >= 11 is 1.94. The van der Waals surface area contributed by atoms with Crippen LogP contribution in [-0.4, -0.2) is 0 Å². The molecule has 0 nitrogen and oxygen atoms in total. The van der Waals surface area contributed by atoms with Crippen molar-refractivity contribution in [3.8, 4) is 44.5 Å². The van der Waals surface area contributed by atoms with Crippen LogP contribution in [0.15, 0.2) is 121 Å². The molecule has 0 saturated heterocycles. The average molecular weight is 569 g/mol. The SMILES string of the molecule is CC1(C)c2ccccc2-c2cc(-c3cccc4c3sc3c(-c5ccc6c(c5)-c5ccccc5C6(C)C)cccc34)ccc21. The smallest absolute Gasteiger partial charge is 0.0434 e. The van der Waals surface area contributed by atoms with E-state index in [9.17, 15) is 0 Å². The second kappa shape index (κ2) is 8.56. The molecule has 0 saturated carbocycles. The van der Waals surface area contributed by atoms with E-state index in [1.807, 2.05) is 11.3 Å². The van der Waals surface area contributed by atoms with Crippen LogP contribution in [0.25, 0.3) is 64.7 Å². The molecule has 2 aliphatic carbocycles. The molecule has 0 unspecified atom stereocenters. The molecule has 0 N–H and O–H groups in total. The molecule has 206 valence electrons. The maximum atomic E-state index is 2.43. The third-order valence-electron chi connectivity index (χ3n) is 10.3. The van der Waals surface area contributed by atoms with E-state index in [4.69, 9.17) is 0 Å². The normalized spacial score (nSPS) is 15.3. The van der Waals surface area contributed by atoms with Gasteiger partial charge in [0.05, 0.1) is 0 Å². The van der Waals surface area contributed by atoms with E-state index in [1.54, 1.807) is 0 Å². The van der Waals surface area contributed by atoms with Crippen LogP contribution in [0.2, 0.25) is 0 Å². The first-order valence-electron chi connectivity index (χ1n) is 15.3. The van der Waals surface area contributed by atoms with E-state index < -0.39 is 0 Å². The average Bonchev–Trinajstić information content (AvgIpc) is 3.61. The van der Waals surface area contributed by atoms with Gasteiger partial charge >= 0.3 is 0 Å². The molecular weight excluding hydrogens is 537 g/mol. The summed E-state index contributed by atoms with van der Waals surface area (Å²) in [5.74, 6) is 0. The van der Waals surface area contributed by atoms with Crippen LogP contribution in [0.3, 0.4) is 0 Å². The van der Waals surface area contributed by atoms with Gasteiger partial charge in [0.1, 0.15) is 0 Å². The van der Waals surface area contributed by atoms with Crippen molar-refractivity contribution in [3.05, 3.63) is 144 Å². The van der Waals surface area contributed by atoms with Gasteiger partial charge in [0, 0.05) is 31.0 Å². The molecule has 1 aromatic heterocycles. The predicted molar refractivity (Wildman–Crippen MR) is 185 cm³/mol. The fraction of sp³-hybridized carbons (Fsp3) is 0.143. The van der Waals surface area contributed by atoms with Crippen LogP contribution in [0.4, 0.5) is 0 Å². The molecule has 9 rings (SSSR count). The van der Waals surface area contributed by atoms with Crippen molar-refractivity contribution in [1.29, 1.82) is 0 Å². The quantitative estimate of drug-likeness (QED) is 0.195. The molecule has 7 aromatic rings. The van der Waals surface area contributed by atoms with Gasteiger partial charge in [-0.2, -0.15) is 0 Å². The van der Waals surface area contributed by atoms with Crippen molar-refractivity contribution in [2.24, 2.45) is 0 Å². The van der Waals surface area contributed by atoms with E-state index >= 15 is 0 Å². The lowest BCUT2D eigenvalue weighted by Crippen LogP contribution is -2.14. The molecule has 0 bridgehead atoms. The lowest BCUT2D eigenvalue weighted by Gasteiger charge is -2.21. The summed E-state index contributed by atoms with van der Waals surface area (Å²) in [5.41, 5.74) is 16.4. The van der Waals surface area contributed by atoms with Gasteiger partial charge in [0.15, 0.2) is 0 Å². The summed E-state index contributed by atoms with van der Waals surface area (Å²) in [4.78, 5) is 0. The number of benzene rings is 6. The Labute approximate surface area is 257 Å². The van der Waals surface area contributed by atoms with E-state index in [2.05, 4.69) is 149 Å². The molecule has 1 heterocycles. The van der Waals surface area contributed by atoms with Gasteiger partial charge in [-0.3, -0.25) is 0 Å². The van der Waals surface area contributed by atoms with Gasteiger partial charge in [-0.25, -0.2) is 0 Å². The fourth-order valence-corrected chi connectivity index (χ4v) is 9.42. The molecular formula is C42H32S. The highest BCUT2D eigenvalue weighted by Gasteiger charge is 2.36. The highest BCUT2D eigenvalue weighted by Crippen LogP contribution is 2.52. The Morgan fingerprint density at radius 2 is 0.767 bits per heavy atom. The van der Waals surface area contributed by atoms with Crippen LogP contribution in [0.5, 0.6) is 0 Å². The number of fused-ring (bicyclic) bond motifs is 9. The number of hydrogen-bond acceptors (Lipinski definition) is 1. The molecule has 0 atom stereocenters. The minimum atomic E-state index is 0.0224. The van der Waals surface area contributed by atoms with E-state index in [-0.39, 0.29) is 10.8 Å². The molecule has 0 spiro atoms. The minimum Gasteiger partial charge on any atom is -0.134 e. The van der Waals surface area contributed by atoms with Gasteiger partial charge in [-0.05, 0) is 78.9 Å². The molecule has 1 heteroatoms. The third-order valence-corrected chi connectivity index (χ3v) is 11.6. The summed E-state index contributed by atoms with van der Waals surface area (Å²) in [6.45, 7) is 9.41. The first-order valence-corrected chi connectivity index (χ1v) is 16.1. The molecule has 2 aliphatic rings. The van der Waals surface area contributed by atoms with Crippen LogP contribution in [0, 0.1) is 0 Å². The van der Waals surface area contributed by atoms with E-state index in [0.29, 0.717) is 0 Å². The van der Waals surface area contributed by atoms with Crippen LogP contribution >= 0.6 is 11.3 Å². The molecule has 0 aliphatic heterocycles. The maximum Gasteiger partial charge on any atom is 0.0434 e. The van der Waals surface area contributed by atoms with Gasteiger partial charge in [0.25, 0.3) is 0 Å². The Kier molecular flexibility index (Phi) is 4.99. The Bertz CT molecular complexity index is 2130. The van der Waals surface area contributed by atoms with Crippen LogP contribution in [0.1, 0.15) is 49.9 Å². The highest BCUT2D eigenvalue weighted by molar-refractivity contribution is 7.26. The Balaban J connectivity index is 1.23. The third kappa shape index (κ3) is 3.32. The topological polar surface area (TPSA) is 0 Å². The van der Waals surface area contributed by atoms with E-state index in [1.165, 1.54) is 86.9 Å². The fourth-order valence-electron chi connectivity index (χ4n) is 8.05. The van der Waals surface area contributed by atoms with Crippen molar-refractivity contribution >= 4 is 31.5 Å². The van der Waals surface area contributed by atoms with Crippen LogP contribution in [-0.2, 0) is 10.8 Å². The second-order valence-electron chi connectivity index (χ2n) is 13.3. The molecule has 43 heavy (non-hydrogen) atoms.